The predicted octanol–water partition coefficient (Wildman–Crippen LogP) is 3.55. The maximum absolute atomic E-state index is 5.76. The standard InChI is InChI=1S/C16H15N5/c17-16-20-14(18-12-7-3-1-4-8-12)11-15(21-16)19-13-9-5-2-6-10-13/h1-11H,(H4,17,18,19,20,21). The number of nitrogen functional groups attached to an aromatic ring is 1. The number of rotatable bonds is 4. The van der Waals surface area contributed by atoms with Crippen LogP contribution >= 0.6 is 0 Å². The van der Waals surface area contributed by atoms with E-state index in [0.29, 0.717) is 11.6 Å². The average molecular weight is 277 g/mol. The number of nitrogens with one attached hydrogen (secondary N) is 2. The number of aromatic nitrogens is 2. The first kappa shape index (κ1) is 12.9. The molecular weight excluding hydrogens is 262 g/mol. The maximum Gasteiger partial charge on any atom is 0.223 e. The lowest BCUT2D eigenvalue weighted by molar-refractivity contribution is 1.18. The summed E-state index contributed by atoms with van der Waals surface area (Å²) in [5, 5.41) is 6.40. The monoisotopic (exact) mass is 277 g/mol. The number of para-hydroxylation sites is 2. The zero-order valence-electron chi connectivity index (χ0n) is 11.3. The van der Waals surface area contributed by atoms with E-state index in [9.17, 15) is 0 Å². The molecule has 3 rings (SSSR count). The molecule has 0 saturated carbocycles. The molecule has 0 aliphatic heterocycles. The lowest BCUT2D eigenvalue weighted by atomic mass is 10.3. The van der Waals surface area contributed by atoms with Crippen molar-refractivity contribution in [1.29, 1.82) is 0 Å². The van der Waals surface area contributed by atoms with Gasteiger partial charge in [0.05, 0.1) is 0 Å². The van der Waals surface area contributed by atoms with E-state index in [-0.39, 0.29) is 5.95 Å². The van der Waals surface area contributed by atoms with Crippen LogP contribution in [0, 0.1) is 0 Å². The lowest BCUT2D eigenvalue weighted by Gasteiger charge is -2.10. The van der Waals surface area contributed by atoms with Gasteiger partial charge in [0.1, 0.15) is 11.6 Å². The van der Waals surface area contributed by atoms with E-state index in [1.165, 1.54) is 0 Å². The summed E-state index contributed by atoms with van der Waals surface area (Å²) in [6, 6.07) is 21.4. The summed E-state index contributed by atoms with van der Waals surface area (Å²) in [7, 11) is 0. The van der Waals surface area contributed by atoms with Gasteiger partial charge in [-0.25, -0.2) is 0 Å². The van der Waals surface area contributed by atoms with Gasteiger partial charge in [-0.2, -0.15) is 9.97 Å². The Morgan fingerprint density at radius 1 is 0.667 bits per heavy atom. The predicted molar refractivity (Wildman–Crippen MR) is 85.9 cm³/mol. The zero-order chi connectivity index (χ0) is 14.5. The minimum absolute atomic E-state index is 0.217. The molecule has 0 radical (unpaired) electrons. The SMILES string of the molecule is Nc1nc(Nc2ccccc2)cc(Nc2ccccc2)n1. The molecule has 0 bridgehead atoms. The lowest BCUT2D eigenvalue weighted by Crippen LogP contribution is -2.03. The molecule has 5 nitrogen and oxygen atoms in total. The molecule has 0 saturated heterocycles. The molecule has 0 amide bonds. The van der Waals surface area contributed by atoms with Crippen molar-refractivity contribution in [3.05, 3.63) is 66.7 Å². The van der Waals surface area contributed by atoms with E-state index < -0.39 is 0 Å². The molecule has 0 fully saturated rings. The van der Waals surface area contributed by atoms with Gasteiger partial charge < -0.3 is 16.4 Å². The number of hydrogen-bond acceptors (Lipinski definition) is 5. The van der Waals surface area contributed by atoms with Crippen molar-refractivity contribution >= 4 is 29.0 Å². The Kier molecular flexibility index (Phi) is 3.64. The summed E-state index contributed by atoms with van der Waals surface area (Å²) in [5.74, 6) is 1.51. The fraction of sp³-hybridized carbons (Fsp3) is 0. The summed E-state index contributed by atoms with van der Waals surface area (Å²) in [6.45, 7) is 0. The number of anilines is 5. The second-order valence-corrected chi connectivity index (χ2v) is 4.48. The van der Waals surface area contributed by atoms with Crippen LogP contribution in [-0.2, 0) is 0 Å². The molecule has 1 aromatic heterocycles. The summed E-state index contributed by atoms with van der Waals surface area (Å²) in [4.78, 5) is 8.37. The van der Waals surface area contributed by atoms with Gasteiger partial charge in [-0.1, -0.05) is 36.4 Å². The average Bonchev–Trinajstić information content (AvgIpc) is 2.48. The van der Waals surface area contributed by atoms with Crippen LogP contribution in [-0.4, -0.2) is 9.97 Å². The minimum atomic E-state index is 0.217. The number of nitrogens with zero attached hydrogens (tertiary/aromatic N) is 2. The van der Waals surface area contributed by atoms with Gasteiger partial charge in [0.2, 0.25) is 5.95 Å². The molecule has 0 spiro atoms. The van der Waals surface area contributed by atoms with Gasteiger partial charge in [0.15, 0.2) is 0 Å². The topological polar surface area (TPSA) is 75.9 Å². The van der Waals surface area contributed by atoms with Crippen LogP contribution in [0.5, 0.6) is 0 Å². The first-order chi connectivity index (χ1) is 10.3. The summed E-state index contributed by atoms with van der Waals surface area (Å²) in [6.07, 6.45) is 0. The molecule has 1 heterocycles. The normalized spacial score (nSPS) is 10.1. The Labute approximate surface area is 122 Å². The smallest absolute Gasteiger partial charge is 0.223 e. The van der Waals surface area contributed by atoms with Crippen molar-refractivity contribution in [2.75, 3.05) is 16.4 Å². The Balaban J connectivity index is 1.83. The highest BCUT2D eigenvalue weighted by Crippen LogP contribution is 2.20. The van der Waals surface area contributed by atoms with Crippen molar-refractivity contribution in [3.8, 4) is 0 Å². The highest BCUT2D eigenvalue weighted by Gasteiger charge is 2.03. The van der Waals surface area contributed by atoms with Gasteiger partial charge in [-0.3, -0.25) is 0 Å². The van der Waals surface area contributed by atoms with E-state index in [4.69, 9.17) is 5.73 Å². The minimum Gasteiger partial charge on any atom is -0.368 e. The summed E-state index contributed by atoms with van der Waals surface area (Å²) >= 11 is 0. The van der Waals surface area contributed by atoms with E-state index >= 15 is 0 Å². The van der Waals surface area contributed by atoms with Gasteiger partial charge in [-0.05, 0) is 24.3 Å². The van der Waals surface area contributed by atoms with Crippen LogP contribution in [0.4, 0.5) is 29.0 Å². The van der Waals surface area contributed by atoms with Crippen LogP contribution in [0.25, 0.3) is 0 Å². The first-order valence-electron chi connectivity index (χ1n) is 6.58. The Morgan fingerprint density at radius 2 is 1.10 bits per heavy atom. The van der Waals surface area contributed by atoms with E-state index in [1.807, 2.05) is 66.7 Å². The molecule has 0 atom stereocenters. The molecule has 21 heavy (non-hydrogen) atoms. The largest absolute Gasteiger partial charge is 0.368 e. The number of nitrogens with two attached hydrogens (primary N) is 1. The molecule has 104 valence electrons. The molecule has 0 aliphatic carbocycles. The third-order valence-electron chi connectivity index (χ3n) is 2.84. The second kappa shape index (κ2) is 5.92. The fourth-order valence-electron chi connectivity index (χ4n) is 1.93. The van der Waals surface area contributed by atoms with Crippen LogP contribution in [0.3, 0.4) is 0 Å². The quantitative estimate of drug-likeness (QED) is 0.680. The van der Waals surface area contributed by atoms with Crippen LogP contribution in [0.15, 0.2) is 66.7 Å². The first-order valence-corrected chi connectivity index (χ1v) is 6.58. The third kappa shape index (κ3) is 3.48. The van der Waals surface area contributed by atoms with Gasteiger partial charge in [-0.15, -0.1) is 0 Å². The van der Waals surface area contributed by atoms with Crippen molar-refractivity contribution < 1.29 is 0 Å². The van der Waals surface area contributed by atoms with Crippen molar-refractivity contribution in [3.63, 3.8) is 0 Å². The molecule has 5 heteroatoms. The van der Waals surface area contributed by atoms with Gasteiger partial charge in [0.25, 0.3) is 0 Å². The number of benzene rings is 2. The molecule has 2 aromatic carbocycles. The second-order valence-electron chi connectivity index (χ2n) is 4.48. The van der Waals surface area contributed by atoms with E-state index in [0.717, 1.165) is 11.4 Å². The molecular formula is C16H15N5. The molecule has 0 unspecified atom stereocenters. The molecule has 0 aliphatic rings. The Hall–Kier alpha value is -3.08. The van der Waals surface area contributed by atoms with Gasteiger partial charge >= 0.3 is 0 Å². The van der Waals surface area contributed by atoms with Crippen molar-refractivity contribution in [2.45, 2.75) is 0 Å². The van der Waals surface area contributed by atoms with Crippen molar-refractivity contribution in [1.82, 2.24) is 9.97 Å². The highest BCUT2D eigenvalue weighted by atomic mass is 15.1. The number of hydrogen-bond donors (Lipinski definition) is 3. The molecule has 4 N–H and O–H groups in total. The summed E-state index contributed by atoms with van der Waals surface area (Å²) < 4.78 is 0. The Bertz CT molecular complexity index is 653. The van der Waals surface area contributed by atoms with Crippen LogP contribution in [0.2, 0.25) is 0 Å². The third-order valence-corrected chi connectivity index (χ3v) is 2.84. The van der Waals surface area contributed by atoms with Crippen LogP contribution in [0.1, 0.15) is 0 Å². The maximum atomic E-state index is 5.76. The summed E-state index contributed by atoms with van der Waals surface area (Å²) in [5.41, 5.74) is 7.66. The van der Waals surface area contributed by atoms with Crippen molar-refractivity contribution in [2.24, 2.45) is 0 Å². The van der Waals surface area contributed by atoms with E-state index in [2.05, 4.69) is 20.6 Å². The highest BCUT2D eigenvalue weighted by molar-refractivity contribution is 5.64. The Morgan fingerprint density at radius 3 is 1.52 bits per heavy atom. The van der Waals surface area contributed by atoms with E-state index in [1.54, 1.807) is 0 Å². The van der Waals surface area contributed by atoms with Gasteiger partial charge in [0, 0.05) is 17.4 Å². The molecule has 3 aromatic rings. The fourth-order valence-corrected chi connectivity index (χ4v) is 1.93. The zero-order valence-corrected chi connectivity index (χ0v) is 11.3. The van der Waals surface area contributed by atoms with Crippen LogP contribution < -0.4 is 16.4 Å².